The molecule has 0 bridgehead atoms. The van der Waals surface area contributed by atoms with Crippen LogP contribution in [0.25, 0.3) is 0 Å². The predicted molar refractivity (Wildman–Crippen MR) is 54.0 cm³/mol. The molecule has 0 unspecified atom stereocenters. The lowest BCUT2D eigenvalue weighted by Gasteiger charge is -2.16. The number of benzene rings is 1. The summed E-state index contributed by atoms with van der Waals surface area (Å²) >= 11 is 0. The fourth-order valence-electron chi connectivity index (χ4n) is 1.07. The number of urea groups is 1. The summed E-state index contributed by atoms with van der Waals surface area (Å²) in [4.78, 5) is 12.7. The summed E-state index contributed by atoms with van der Waals surface area (Å²) in [6.45, 7) is 0. The highest BCUT2D eigenvalue weighted by molar-refractivity contribution is 5.91. The summed E-state index contributed by atoms with van der Waals surface area (Å²) in [5, 5.41) is 11.2. The quantitative estimate of drug-likeness (QED) is 0.724. The standard InChI is InChI=1S/C10H11N3O/c1-12-10(14)13(2)9-5-3-4-8(6-9)7-11/h3-6H,1-2H3,(H,12,14). The van der Waals surface area contributed by atoms with Gasteiger partial charge in [0.25, 0.3) is 0 Å². The van der Waals surface area contributed by atoms with Crippen molar-refractivity contribution >= 4 is 11.7 Å². The lowest BCUT2D eigenvalue weighted by atomic mass is 10.2. The fraction of sp³-hybridized carbons (Fsp3) is 0.200. The summed E-state index contributed by atoms with van der Waals surface area (Å²) in [6.07, 6.45) is 0. The average molecular weight is 189 g/mol. The molecule has 0 aliphatic rings. The van der Waals surface area contributed by atoms with Gasteiger partial charge in [0.15, 0.2) is 0 Å². The zero-order valence-electron chi connectivity index (χ0n) is 8.11. The Kier molecular flexibility index (Phi) is 3.08. The van der Waals surface area contributed by atoms with Gasteiger partial charge in [-0.1, -0.05) is 6.07 Å². The molecule has 0 aliphatic carbocycles. The molecule has 2 amide bonds. The maximum absolute atomic E-state index is 11.2. The Morgan fingerprint density at radius 2 is 2.29 bits per heavy atom. The third kappa shape index (κ3) is 2.02. The zero-order valence-corrected chi connectivity index (χ0v) is 8.11. The number of hydrogen-bond acceptors (Lipinski definition) is 2. The van der Waals surface area contributed by atoms with Crippen LogP contribution in [0.1, 0.15) is 5.56 Å². The Hall–Kier alpha value is -2.02. The van der Waals surface area contributed by atoms with Gasteiger partial charge in [-0.2, -0.15) is 5.26 Å². The smallest absolute Gasteiger partial charge is 0.321 e. The maximum Gasteiger partial charge on any atom is 0.321 e. The first-order valence-electron chi connectivity index (χ1n) is 4.14. The van der Waals surface area contributed by atoms with Crippen molar-refractivity contribution in [2.75, 3.05) is 19.0 Å². The monoisotopic (exact) mass is 189 g/mol. The number of carbonyl (C=O) groups is 1. The number of rotatable bonds is 1. The minimum Gasteiger partial charge on any atom is -0.341 e. The molecule has 0 fully saturated rings. The Morgan fingerprint density at radius 1 is 1.57 bits per heavy atom. The summed E-state index contributed by atoms with van der Waals surface area (Å²) in [7, 11) is 3.21. The molecule has 0 aliphatic heterocycles. The van der Waals surface area contributed by atoms with Gasteiger partial charge in [0.05, 0.1) is 11.6 Å². The van der Waals surface area contributed by atoms with Crippen LogP contribution >= 0.6 is 0 Å². The molecule has 1 N–H and O–H groups in total. The van der Waals surface area contributed by atoms with Crippen LogP contribution in [-0.4, -0.2) is 20.1 Å². The van der Waals surface area contributed by atoms with Gasteiger partial charge in [-0.15, -0.1) is 0 Å². The van der Waals surface area contributed by atoms with Crippen LogP contribution in [-0.2, 0) is 0 Å². The van der Waals surface area contributed by atoms with Gasteiger partial charge in [-0.05, 0) is 18.2 Å². The van der Waals surface area contributed by atoms with E-state index in [9.17, 15) is 4.79 Å². The molecule has 0 saturated carbocycles. The molecule has 0 spiro atoms. The fourth-order valence-corrected chi connectivity index (χ4v) is 1.07. The molecule has 0 atom stereocenters. The Morgan fingerprint density at radius 3 is 2.86 bits per heavy atom. The van der Waals surface area contributed by atoms with Crippen molar-refractivity contribution in [3.8, 4) is 6.07 Å². The molecule has 14 heavy (non-hydrogen) atoms. The molecular weight excluding hydrogens is 178 g/mol. The Labute approximate surface area is 82.8 Å². The van der Waals surface area contributed by atoms with Crippen LogP contribution in [0, 0.1) is 11.3 Å². The minimum absolute atomic E-state index is 0.208. The molecular formula is C10H11N3O. The highest BCUT2D eigenvalue weighted by Crippen LogP contribution is 2.13. The van der Waals surface area contributed by atoms with E-state index in [1.165, 1.54) is 4.90 Å². The predicted octanol–water partition coefficient (Wildman–Crippen LogP) is 1.33. The highest BCUT2D eigenvalue weighted by Gasteiger charge is 2.08. The van der Waals surface area contributed by atoms with E-state index in [1.54, 1.807) is 38.4 Å². The van der Waals surface area contributed by atoms with Crippen LogP contribution in [0.4, 0.5) is 10.5 Å². The largest absolute Gasteiger partial charge is 0.341 e. The van der Waals surface area contributed by atoms with Gasteiger partial charge < -0.3 is 5.32 Å². The second-order valence-electron chi connectivity index (χ2n) is 2.78. The van der Waals surface area contributed by atoms with Crippen molar-refractivity contribution in [1.82, 2.24) is 5.32 Å². The van der Waals surface area contributed by atoms with Crippen LogP contribution in [0.2, 0.25) is 0 Å². The van der Waals surface area contributed by atoms with Crippen molar-refractivity contribution in [1.29, 1.82) is 5.26 Å². The molecule has 4 nitrogen and oxygen atoms in total. The van der Waals surface area contributed by atoms with Crippen molar-refractivity contribution in [2.45, 2.75) is 0 Å². The first-order chi connectivity index (χ1) is 6.69. The van der Waals surface area contributed by atoms with Crippen molar-refractivity contribution in [3.05, 3.63) is 29.8 Å². The molecule has 4 heteroatoms. The minimum atomic E-state index is -0.208. The molecule has 1 rings (SSSR count). The van der Waals surface area contributed by atoms with Gasteiger partial charge >= 0.3 is 6.03 Å². The van der Waals surface area contributed by atoms with Crippen molar-refractivity contribution in [2.24, 2.45) is 0 Å². The Bertz CT molecular complexity index is 381. The summed E-state index contributed by atoms with van der Waals surface area (Å²) in [5.41, 5.74) is 1.24. The number of nitriles is 1. The number of anilines is 1. The SMILES string of the molecule is CNC(=O)N(C)c1cccc(C#N)c1. The van der Waals surface area contributed by atoms with Crippen molar-refractivity contribution in [3.63, 3.8) is 0 Å². The number of nitrogens with one attached hydrogen (secondary N) is 1. The van der Waals surface area contributed by atoms with Crippen LogP contribution in [0.3, 0.4) is 0 Å². The third-order valence-corrected chi connectivity index (χ3v) is 1.88. The van der Waals surface area contributed by atoms with Gasteiger partial charge in [-0.25, -0.2) is 4.79 Å². The van der Waals surface area contributed by atoms with Crippen LogP contribution in [0.15, 0.2) is 24.3 Å². The topological polar surface area (TPSA) is 56.1 Å². The second-order valence-corrected chi connectivity index (χ2v) is 2.78. The van der Waals surface area contributed by atoms with Crippen molar-refractivity contribution < 1.29 is 4.79 Å². The van der Waals surface area contributed by atoms with E-state index in [0.29, 0.717) is 11.3 Å². The lowest BCUT2D eigenvalue weighted by Crippen LogP contribution is -2.34. The number of nitrogens with zero attached hydrogens (tertiary/aromatic N) is 2. The summed E-state index contributed by atoms with van der Waals surface area (Å²) in [6, 6.07) is 8.69. The molecule has 1 aromatic carbocycles. The van der Waals surface area contributed by atoms with Crippen LogP contribution in [0.5, 0.6) is 0 Å². The van der Waals surface area contributed by atoms with E-state index in [2.05, 4.69) is 5.32 Å². The number of amides is 2. The molecule has 0 saturated heterocycles. The molecule has 72 valence electrons. The second kappa shape index (κ2) is 4.28. The molecule has 0 aromatic heterocycles. The zero-order chi connectivity index (χ0) is 10.6. The highest BCUT2D eigenvalue weighted by atomic mass is 16.2. The number of carbonyl (C=O) groups excluding carboxylic acids is 1. The van der Waals surface area contributed by atoms with E-state index >= 15 is 0 Å². The van der Waals surface area contributed by atoms with E-state index in [0.717, 1.165) is 0 Å². The van der Waals surface area contributed by atoms with Gasteiger partial charge in [-0.3, -0.25) is 4.90 Å². The molecule has 0 radical (unpaired) electrons. The van der Waals surface area contributed by atoms with Gasteiger partial charge in [0.1, 0.15) is 0 Å². The number of hydrogen-bond donors (Lipinski definition) is 1. The van der Waals surface area contributed by atoms with E-state index < -0.39 is 0 Å². The maximum atomic E-state index is 11.2. The molecule has 0 heterocycles. The normalized spacial score (nSPS) is 8.93. The van der Waals surface area contributed by atoms with E-state index in [1.807, 2.05) is 6.07 Å². The third-order valence-electron chi connectivity index (χ3n) is 1.88. The average Bonchev–Trinajstić information content (AvgIpc) is 2.27. The summed E-state index contributed by atoms with van der Waals surface area (Å²) < 4.78 is 0. The lowest BCUT2D eigenvalue weighted by molar-refractivity contribution is 0.249. The van der Waals surface area contributed by atoms with E-state index in [-0.39, 0.29) is 6.03 Å². The first-order valence-corrected chi connectivity index (χ1v) is 4.14. The van der Waals surface area contributed by atoms with Gasteiger partial charge in [0.2, 0.25) is 0 Å². The van der Waals surface area contributed by atoms with E-state index in [4.69, 9.17) is 5.26 Å². The van der Waals surface area contributed by atoms with Crippen LogP contribution < -0.4 is 10.2 Å². The van der Waals surface area contributed by atoms with Gasteiger partial charge in [0, 0.05) is 19.8 Å². The summed E-state index contributed by atoms with van der Waals surface area (Å²) in [5.74, 6) is 0. The Balaban J connectivity index is 2.96. The molecule has 1 aromatic rings. The first kappa shape index (κ1) is 10.1.